The lowest BCUT2D eigenvalue weighted by Gasteiger charge is -2.22. The summed E-state index contributed by atoms with van der Waals surface area (Å²) in [6.07, 6.45) is 7.36. The summed E-state index contributed by atoms with van der Waals surface area (Å²) in [5.41, 5.74) is 1.35. The molecule has 1 aromatic rings. The molecule has 0 amide bonds. The highest BCUT2D eigenvalue weighted by molar-refractivity contribution is 7.15. The number of nitrogens with zero attached hydrogens (tertiary/aromatic N) is 2. The number of rotatable bonds is 8. The molecule has 0 saturated heterocycles. The van der Waals surface area contributed by atoms with Crippen LogP contribution in [0.25, 0.3) is 0 Å². The van der Waals surface area contributed by atoms with Gasteiger partial charge >= 0.3 is 0 Å². The Kier molecular flexibility index (Phi) is 6.30. The molecule has 0 aromatic carbocycles. The first-order valence-electron chi connectivity index (χ1n) is 8.28. The molecule has 1 unspecified atom stereocenters. The predicted octanol–water partition coefficient (Wildman–Crippen LogP) is 4.15. The number of aromatic nitrogens is 1. The molecule has 1 aliphatic rings. The third kappa shape index (κ3) is 3.73. The SMILES string of the molecule is CCCNC1CCCc2sc(N(CCC)CCC)nc21. The summed E-state index contributed by atoms with van der Waals surface area (Å²) in [6, 6.07) is 0.494. The van der Waals surface area contributed by atoms with Gasteiger partial charge in [-0.25, -0.2) is 4.98 Å². The number of hydrogen-bond acceptors (Lipinski definition) is 4. The van der Waals surface area contributed by atoms with Gasteiger partial charge in [-0.15, -0.1) is 11.3 Å². The van der Waals surface area contributed by atoms with Crippen LogP contribution in [0.5, 0.6) is 0 Å². The van der Waals surface area contributed by atoms with Crippen LogP contribution in [-0.2, 0) is 6.42 Å². The number of fused-ring (bicyclic) bond motifs is 1. The second-order valence-electron chi connectivity index (χ2n) is 5.69. The fraction of sp³-hybridized carbons (Fsp3) is 0.812. The van der Waals surface area contributed by atoms with Crippen LogP contribution >= 0.6 is 11.3 Å². The van der Waals surface area contributed by atoms with E-state index in [-0.39, 0.29) is 0 Å². The molecule has 1 aliphatic carbocycles. The summed E-state index contributed by atoms with van der Waals surface area (Å²) in [4.78, 5) is 9.00. The third-order valence-electron chi connectivity index (χ3n) is 3.84. The van der Waals surface area contributed by atoms with Crippen LogP contribution in [0.4, 0.5) is 5.13 Å². The van der Waals surface area contributed by atoms with Crippen LogP contribution in [0.15, 0.2) is 0 Å². The van der Waals surface area contributed by atoms with Gasteiger partial charge in [0.2, 0.25) is 0 Å². The first kappa shape index (κ1) is 15.8. The maximum Gasteiger partial charge on any atom is 0.185 e. The van der Waals surface area contributed by atoms with Crippen molar-refractivity contribution in [2.75, 3.05) is 24.5 Å². The fourth-order valence-electron chi connectivity index (χ4n) is 2.90. The summed E-state index contributed by atoms with van der Waals surface area (Å²) in [5, 5.41) is 4.92. The highest BCUT2D eigenvalue weighted by Crippen LogP contribution is 2.36. The fourth-order valence-corrected chi connectivity index (χ4v) is 4.12. The van der Waals surface area contributed by atoms with Crippen molar-refractivity contribution in [1.82, 2.24) is 10.3 Å². The van der Waals surface area contributed by atoms with Crippen LogP contribution < -0.4 is 10.2 Å². The number of hydrogen-bond donors (Lipinski definition) is 1. The highest BCUT2D eigenvalue weighted by atomic mass is 32.1. The van der Waals surface area contributed by atoms with Gasteiger partial charge in [0.15, 0.2) is 5.13 Å². The summed E-state index contributed by atoms with van der Waals surface area (Å²) >= 11 is 1.94. The Balaban J connectivity index is 2.14. The molecule has 0 saturated carbocycles. The molecule has 0 aliphatic heterocycles. The van der Waals surface area contributed by atoms with Crippen molar-refractivity contribution in [3.05, 3.63) is 10.6 Å². The summed E-state index contributed by atoms with van der Waals surface area (Å²) < 4.78 is 0. The second-order valence-corrected chi connectivity index (χ2v) is 6.75. The van der Waals surface area contributed by atoms with Crippen molar-refractivity contribution < 1.29 is 0 Å². The van der Waals surface area contributed by atoms with E-state index >= 15 is 0 Å². The second kappa shape index (κ2) is 7.99. The van der Waals surface area contributed by atoms with Crippen molar-refractivity contribution in [3.63, 3.8) is 0 Å². The molecular formula is C16H29N3S. The van der Waals surface area contributed by atoms with Crippen LogP contribution in [0.1, 0.15) is 69.5 Å². The van der Waals surface area contributed by atoms with Gasteiger partial charge in [0.25, 0.3) is 0 Å². The van der Waals surface area contributed by atoms with Crippen molar-refractivity contribution in [1.29, 1.82) is 0 Å². The average molecular weight is 295 g/mol. The minimum Gasteiger partial charge on any atom is -0.348 e. The lowest BCUT2D eigenvalue weighted by Crippen LogP contribution is -2.26. The normalized spacial score (nSPS) is 18.1. The van der Waals surface area contributed by atoms with Gasteiger partial charge in [0.1, 0.15) is 0 Å². The maximum atomic E-state index is 5.00. The molecule has 2 rings (SSSR count). The molecule has 0 radical (unpaired) electrons. The van der Waals surface area contributed by atoms with Crippen molar-refractivity contribution in [2.45, 2.75) is 65.3 Å². The van der Waals surface area contributed by atoms with E-state index in [2.05, 4.69) is 31.0 Å². The number of thiazole rings is 1. The molecule has 20 heavy (non-hydrogen) atoms. The minimum atomic E-state index is 0.494. The Morgan fingerprint density at radius 3 is 2.60 bits per heavy atom. The molecule has 1 heterocycles. The van der Waals surface area contributed by atoms with Gasteiger partial charge in [-0.2, -0.15) is 0 Å². The van der Waals surface area contributed by atoms with E-state index in [1.54, 1.807) is 0 Å². The van der Waals surface area contributed by atoms with Gasteiger partial charge in [-0.3, -0.25) is 0 Å². The van der Waals surface area contributed by atoms with Crippen molar-refractivity contribution >= 4 is 16.5 Å². The molecule has 0 fully saturated rings. The molecule has 3 nitrogen and oxygen atoms in total. The summed E-state index contributed by atoms with van der Waals surface area (Å²) in [7, 11) is 0. The molecule has 1 aromatic heterocycles. The Morgan fingerprint density at radius 2 is 1.95 bits per heavy atom. The van der Waals surface area contributed by atoms with E-state index in [9.17, 15) is 0 Å². The summed E-state index contributed by atoms with van der Waals surface area (Å²) in [5.74, 6) is 0. The van der Waals surface area contributed by atoms with E-state index in [4.69, 9.17) is 4.98 Å². The van der Waals surface area contributed by atoms with E-state index in [1.807, 2.05) is 11.3 Å². The molecule has 0 spiro atoms. The summed E-state index contributed by atoms with van der Waals surface area (Å²) in [6.45, 7) is 10.1. The van der Waals surface area contributed by atoms with Gasteiger partial charge in [-0.1, -0.05) is 20.8 Å². The molecular weight excluding hydrogens is 266 g/mol. The molecule has 114 valence electrons. The largest absolute Gasteiger partial charge is 0.348 e. The topological polar surface area (TPSA) is 28.2 Å². The van der Waals surface area contributed by atoms with Crippen molar-refractivity contribution in [3.8, 4) is 0 Å². The molecule has 1 N–H and O–H groups in total. The van der Waals surface area contributed by atoms with Gasteiger partial charge in [0.05, 0.1) is 11.7 Å². The monoisotopic (exact) mass is 295 g/mol. The standard InChI is InChI=1S/C16H29N3S/c1-4-10-17-13-8-7-9-14-15(13)18-16(20-14)19(11-5-2)12-6-3/h13,17H,4-12H2,1-3H3. The van der Waals surface area contributed by atoms with Crippen molar-refractivity contribution in [2.24, 2.45) is 0 Å². The molecule has 4 heteroatoms. The number of aryl methyl sites for hydroxylation is 1. The van der Waals surface area contributed by atoms with E-state index in [0.717, 1.165) is 19.6 Å². The maximum absolute atomic E-state index is 5.00. The minimum absolute atomic E-state index is 0.494. The molecule has 0 bridgehead atoms. The third-order valence-corrected chi connectivity index (χ3v) is 5.03. The van der Waals surface area contributed by atoms with Crippen LogP contribution in [0.3, 0.4) is 0 Å². The Labute approximate surface area is 127 Å². The predicted molar refractivity (Wildman–Crippen MR) is 88.9 cm³/mol. The smallest absolute Gasteiger partial charge is 0.185 e. The van der Waals surface area contributed by atoms with E-state index in [1.165, 1.54) is 54.2 Å². The first-order valence-corrected chi connectivity index (χ1v) is 9.09. The number of nitrogens with one attached hydrogen (secondary N) is 1. The first-order chi connectivity index (χ1) is 9.80. The van der Waals surface area contributed by atoms with Crippen LogP contribution in [0, 0.1) is 0 Å². The van der Waals surface area contributed by atoms with E-state index in [0.29, 0.717) is 6.04 Å². The van der Waals surface area contributed by atoms with Crippen LogP contribution in [0.2, 0.25) is 0 Å². The van der Waals surface area contributed by atoms with Gasteiger partial charge in [0, 0.05) is 18.0 Å². The van der Waals surface area contributed by atoms with E-state index < -0.39 is 0 Å². The lowest BCUT2D eigenvalue weighted by atomic mass is 9.97. The Hall–Kier alpha value is -0.610. The highest BCUT2D eigenvalue weighted by Gasteiger charge is 2.25. The van der Waals surface area contributed by atoms with Gasteiger partial charge < -0.3 is 10.2 Å². The van der Waals surface area contributed by atoms with Crippen LogP contribution in [-0.4, -0.2) is 24.6 Å². The zero-order chi connectivity index (χ0) is 14.4. The Bertz CT molecular complexity index is 396. The zero-order valence-electron chi connectivity index (χ0n) is 13.2. The number of anilines is 1. The lowest BCUT2D eigenvalue weighted by molar-refractivity contribution is 0.454. The van der Waals surface area contributed by atoms with Gasteiger partial charge in [-0.05, 0) is 45.1 Å². The molecule has 1 atom stereocenters. The quantitative estimate of drug-likeness (QED) is 0.781. The zero-order valence-corrected chi connectivity index (χ0v) is 14.1. The Morgan fingerprint density at radius 1 is 1.20 bits per heavy atom. The average Bonchev–Trinajstić information content (AvgIpc) is 2.89.